The molecule has 3 rings (SSSR count). The number of nitrogens with zero attached hydrogens (tertiary/aromatic N) is 3. The highest BCUT2D eigenvalue weighted by Crippen LogP contribution is 2.14. The molecular weight excluding hydrogens is 326 g/mol. The average Bonchev–Trinajstić information content (AvgIpc) is 2.87. The number of aromatic nitrogens is 3. The molecule has 0 bridgehead atoms. The highest BCUT2D eigenvalue weighted by Gasteiger charge is 2.14. The molecule has 26 heavy (non-hydrogen) atoms. The smallest absolute Gasteiger partial charge is 0.315 e. The van der Waals surface area contributed by atoms with Crippen molar-refractivity contribution in [1.29, 1.82) is 0 Å². The number of fused-ring (bicyclic) bond motifs is 1. The van der Waals surface area contributed by atoms with Gasteiger partial charge in [-0.15, -0.1) is 10.2 Å². The van der Waals surface area contributed by atoms with Crippen LogP contribution in [0.5, 0.6) is 0 Å². The lowest BCUT2D eigenvalue weighted by Crippen LogP contribution is -2.41. The second-order valence-electron chi connectivity index (χ2n) is 7.07. The van der Waals surface area contributed by atoms with Gasteiger partial charge in [0.15, 0.2) is 0 Å². The van der Waals surface area contributed by atoms with Gasteiger partial charge in [-0.1, -0.05) is 36.8 Å². The van der Waals surface area contributed by atoms with Crippen LogP contribution in [0, 0.1) is 0 Å². The maximum absolute atomic E-state index is 12.1. The molecular formula is C20H29N5O. The number of hydrogen-bond acceptors (Lipinski definition) is 3. The number of hydrogen-bond donors (Lipinski definition) is 2. The van der Waals surface area contributed by atoms with Crippen molar-refractivity contribution in [2.75, 3.05) is 6.54 Å². The zero-order valence-electron chi connectivity index (χ0n) is 15.6. The second kappa shape index (κ2) is 9.36. The van der Waals surface area contributed by atoms with Crippen molar-refractivity contribution >= 4 is 6.03 Å². The molecule has 0 aliphatic carbocycles. The van der Waals surface area contributed by atoms with Gasteiger partial charge in [0.1, 0.15) is 11.6 Å². The minimum atomic E-state index is -0.110. The van der Waals surface area contributed by atoms with E-state index in [2.05, 4.69) is 37.5 Å². The summed E-state index contributed by atoms with van der Waals surface area (Å²) in [5.41, 5.74) is 1.30. The van der Waals surface area contributed by atoms with Gasteiger partial charge in [0, 0.05) is 32.0 Å². The van der Waals surface area contributed by atoms with Crippen LogP contribution in [0.2, 0.25) is 0 Å². The lowest BCUT2D eigenvalue weighted by Gasteiger charge is -2.15. The molecule has 2 amide bonds. The molecule has 0 radical (unpaired) electrons. The maximum atomic E-state index is 12.1. The molecule has 1 aliphatic rings. The van der Waals surface area contributed by atoms with E-state index in [0.717, 1.165) is 43.9 Å². The minimum absolute atomic E-state index is 0.110. The molecule has 0 fully saturated rings. The molecule has 2 N–H and O–H groups in total. The summed E-state index contributed by atoms with van der Waals surface area (Å²) in [6.45, 7) is 3.62. The van der Waals surface area contributed by atoms with Gasteiger partial charge in [0.2, 0.25) is 0 Å². The quantitative estimate of drug-likeness (QED) is 0.802. The van der Waals surface area contributed by atoms with Crippen LogP contribution in [-0.2, 0) is 25.8 Å². The molecule has 2 aromatic rings. The third-order valence-corrected chi connectivity index (χ3v) is 4.91. The van der Waals surface area contributed by atoms with Crippen LogP contribution in [0.25, 0.3) is 0 Å². The Labute approximate surface area is 155 Å². The molecule has 6 nitrogen and oxygen atoms in total. The first kappa shape index (κ1) is 18.4. The van der Waals surface area contributed by atoms with E-state index in [-0.39, 0.29) is 12.1 Å². The summed E-state index contributed by atoms with van der Waals surface area (Å²) in [4.78, 5) is 12.1. The van der Waals surface area contributed by atoms with Crippen molar-refractivity contribution in [3.05, 3.63) is 47.5 Å². The van der Waals surface area contributed by atoms with Crippen molar-refractivity contribution in [2.24, 2.45) is 0 Å². The lowest BCUT2D eigenvalue weighted by atomic mass is 10.1. The predicted octanol–water partition coefficient (Wildman–Crippen LogP) is 2.87. The molecule has 1 aliphatic heterocycles. The normalized spacial score (nSPS) is 15.0. The number of amides is 2. The van der Waals surface area contributed by atoms with Crippen molar-refractivity contribution in [3.8, 4) is 0 Å². The van der Waals surface area contributed by atoms with Crippen LogP contribution >= 0.6 is 0 Å². The number of rotatable bonds is 7. The second-order valence-corrected chi connectivity index (χ2v) is 7.07. The zero-order valence-corrected chi connectivity index (χ0v) is 15.6. The molecule has 0 saturated carbocycles. The Balaban J connectivity index is 1.37. The van der Waals surface area contributed by atoms with E-state index in [9.17, 15) is 4.79 Å². The Bertz CT molecular complexity index is 697. The number of carbonyl (C=O) groups is 1. The fraction of sp³-hybridized carbons (Fsp3) is 0.550. The third kappa shape index (κ3) is 5.31. The van der Waals surface area contributed by atoms with E-state index in [4.69, 9.17) is 0 Å². The van der Waals surface area contributed by atoms with Crippen molar-refractivity contribution in [3.63, 3.8) is 0 Å². The van der Waals surface area contributed by atoms with Crippen LogP contribution in [-0.4, -0.2) is 33.4 Å². The first-order chi connectivity index (χ1) is 12.7. The number of aryl methyl sites for hydroxylation is 2. The Morgan fingerprint density at radius 3 is 2.85 bits per heavy atom. The standard InChI is InChI=1S/C20H29N5O/c1-16(11-12-17-8-4-2-5-9-17)22-20(26)21-14-13-19-24-23-18-10-6-3-7-15-25(18)19/h2,4-5,8-9,16H,3,6-7,10-15H2,1H3,(H2,21,22,26). The van der Waals surface area contributed by atoms with Gasteiger partial charge >= 0.3 is 6.03 Å². The van der Waals surface area contributed by atoms with Gasteiger partial charge in [-0.05, 0) is 38.2 Å². The van der Waals surface area contributed by atoms with E-state index >= 15 is 0 Å². The number of benzene rings is 1. The summed E-state index contributed by atoms with van der Waals surface area (Å²) < 4.78 is 2.23. The van der Waals surface area contributed by atoms with Crippen LogP contribution in [0.3, 0.4) is 0 Å². The molecule has 1 aromatic heterocycles. The molecule has 0 spiro atoms. The van der Waals surface area contributed by atoms with Gasteiger partial charge in [0.25, 0.3) is 0 Å². The van der Waals surface area contributed by atoms with E-state index in [0.29, 0.717) is 6.54 Å². The topological polar surface area (TPSA) is 71.8 Å². The highest BCUT2D eigenvalue weighted by atomic mass is 16.2. The average molecular weight is 355 g/mol. The monoisotopic (exact) mass is 355 g/mol. The number of carbonyl (C=O) groups excluding carboxylic acids is 1. The summed E-state index contributed by atoms with van der Waals surface area (Å²) in [6, 6.07) is 10.4. The minimum Gasteiger partial charge on any atom is -0.338 e. The summed E-state index contributed by atoms with van der Waals surface area (Å²) in [5, 5.41) is 14.6. The number of nitrogens with one attached hydrogen (secondary N) is 2. The maximum Gasteiger partial charge on any atom is 0.315 e. The molecule has 1 atom stereocenters. The molecule has 1 unspecified atom stereocenters. The first-order valence-corrected chi connectivity index (χ1v) is 9.71. The van der Waals surface area contributed by atoms with Crippen LogP contribution in [0.15, 0.2) is 30.3 Å². The highest BCUT2D eigenvalue weighted by molar-refractivity contribution is 5.74. The van der Waals surface area contributed by atoms with Crippen molar-refractivity contribution in [1.82, 2.24) is 25.4 Å². The van der Waals surface area contributed by atoms with Crippen LogP contribution in [0.1, 0.15) is 49.8 Å². The lowest BCUT2D eigenvalue weighted by molar-refractivity contribution is 0.237. The first-order valence-electron chi connectivity index (χ1n) is 9.71. The van der Waals surface area contributed by atoms with Gasteiger partial charge in [-0.3, -0.25) is 0 Å². The van der Waals surface area contributed by atoms with Crippen LogP contribution < -0.4 is 10.6 Å². The number of urea groups is 1. The van der Waals surface area contributed by atoms with Gasteiger partial charge < -0.3 is 15.2 Å². The van der Waals surface area contributed by atoms with Crippen molar-refractivity contribution < 1.29 is 4.79 Å². The third-order valence-electron chi connectivity index (χ3n) is 4.91. The zero-order chi connectivity index (χ0) is 18.2. The summed E-state index contributed by atoms with van der Waals surface area (Å²) in [5.74, 6) is 2.08. The fourth-order valence-electron chi connectivity index (χ4n) is 3.39. The van der Waals surface area contributed by atoms with Gasteiger partial charge in [-0.25, -0.2) is 4.79 Å². The predicted molar refractivity (Wildman–Crippen MR) is 102 cm³/mol. The molecule has 1 aromatic carbocycles. The Kier molecular flexibility index (Phi) is 6.63. The van der Waals surface area contributed by atoms with Gasteiger partial charge in [0.05, 0.1) is 0 Å². The summed E-state index contributed by atoms with van der Waals surface area (Å²) in [7, 11) is 0. The van der Waals surface area contributed by atoms with E-state index < -0.39 is 0 Å². The SMILES string of the molecule is CC(CCc1ccccc1)NC(=O)NCCc1nnc2n1CCCCC2. The van der Waals surface area contributed by atoms with E-state index in [1.165, 1.54) is 24.8 Å². The van der Waals surface area contributed by atoms with E-state index in [1.54, 1.807) is 0 Å². The van der Waals surface area contributed by atoms with Gasteiger partial charge in [-0.2, -0.15) is 0 Å². The molecule has 140 valence electrons. The fourth-order valence-corrected chi connectivity index (χ4v) is 3.39. The Morgan fingerprint density at radius 1 is 1.15 bits per heavy atom. The summed E-state index contributed by atoms with van der Waals surface area (Å²) >= 11 is 0. The Morgan fingerprint density at radius 2 is 2.00 bits per heavy atom. The van der Waals surface area contributed by atoms with E-state index in [1.807, 2.05) is 25.1 Å². The largest absolute Gasteiger partial charge is 0.338 e. The Hall–Kier alpha value is -2.37. The molecule has 0 saturated heterocycles. The van der Waals surface area contributed by atoms with Crippen molar-refractivity contribution in [2.45, 2.75) is 64.5 Å². The summed E-state index contributed by atoms with van der Waals surface area (Å²) in [6.07, 6.45) is 7.26. The van der Waals surface area contributed by atoms with Crippen LogP contribution in [0.4, 0.5) is 4.79 Å². The molecule has 2 heterocycles. The molecule has 6 heteroatoms.